The van der Waals surface area contributed by atoms with Crippen LogP contribution in [0, 0.1) is 0 Å². The summed E-state index contributed by atoms with van der Waals surface area (Å²) in [7, 11) is 0. The fourth-order valence-corrected chi connectivity index (χ4v) is 2.47. The maximum atomic E-state index is 11.6. The third kappa shape index (κ3) is 8.82. The number of rotatable bonds is 8. The number of carbonyl (C=O) groups is 1. The highest BCUT2D eigenvalue weighted by Crippen LogP contribution is 2.12. The molecule has 0 bridgehead atoms. The summed E-state index contributed by atoms with van der Waals surface area (Å²) >= 11 is 1.96. The van der Waals surface area contributed by atoms with Gasteiger partial charge in [-0.2, -0.15) is 11.8 Å². The Morgan fingerprint density at radius 2 is 2.09 bits per heavy atom. The lowest BCUT2D eigenvalue weighted by Gasteiger charge is -2.19. The van der Waals surface area contributed by atoms with Crippen LogP contribution in [0.2, 0.25) is 0 Å². The monoisotopic (exact) mass is 324 g/mol. The minimum absolute atomic E-state index is 0.387. The molecule has 0 atom stereocenters. The van der Waals surface area contributed by atoms with Crippen LogP contribution in [-0.4, -0.2) is 29.7 Å². The van der Waals surface area contributed by atoms with Gasteiger partial charge in [0.1, 0.15) is 5.60 Å². The van der Waals surface area contributed by atoms with Crippen molar-refractivity contribution in [2.75, 3.05) is 23.4 Å². The molecule has 1 aromatic carbocycles. The molecule has 2 N–H and O–H groups in total. The zero-order valence-corrected chi connectivity index (χ0v) is 14.9. The summed E-state index contributed by atoms with van der Waals surface area (Å²) in [6.45, 7) is 9.18. The maximum Gasteiger partial charge on any atom is 0.407 e. The van der Waals surface area contributed by atoms with E-state index in [1.54, 1.807) is 0 Å². The first-order valence-electron chi connectivity index (χ1n) is 7.78. The lowest BCUT2D eigenvalue weighted by molar-refractivity contribution is 0.0523. The summed E-state index contributed by atoms with van der Waals surface area (Å²) in [6.07, 6.45) is 0.765. The van der Waals surface area contributed by atoms with Crippen molar-refractivity contribution >= 4 is 23.5 Å². The molecule has 0 aliphatic carbocycles. The topological polar surface area (TPSA) is 50.4 Å². The predicted molar refractivity (Wildman–Crippen MR) is 95.6 cm³/mol. The molecule has 124 valence electrons. The highest BCUT2D eigenvalue weighted by atomic mass is 32.2. The van der Waals surface area contributed by atoms with Crippen molar-refractivity contribution in [3.05, 3.63) is 29.8 Å². The van der Waals surface area contributed by atoms with Crippen LogP contribution < -0.4 is 10.6 Å². The second kappa shape index (κ2) is 9.62. The summed E-state index contributed by atoms with van der Waals surface area (Å²) in [5.41, 5.74) is 1.67. The van der Waals surface area contributed by atoms with Crippen molar-refractivity contribution in [2.24, 2.45) is 0 Å². The predicted octanol–water partition coefficient (Wildman–Crippen LogP) is 4.27. The van der Waals surface area contributed by atoms with Crippen LogP contribution in [0.25, 0.3) is 0 Å². The van der Waals surface area contributed by atoms with Crippen LogP contribution >= 0.6 is 11.8 Å². The SMILES string of the molecule is CCSCCCNc1cccc(CNC(=O)OC(C)(C)C)c1. The van der Waals surface area contributed by atoms with E-state index in [2.05, 4.69) is 23.6 Å². The van der Waals surface area contributed by atoms with Crippen LogP contribution in [-0.2, 0) is 11.3 Å². The summed E-state index contributed by atoms with van der Waals surface area (Å²) in [5, 5.41) is 6.19. The minimum atomic E-state index is -0.468. The molecule has 22 heavy (non-hydrogen) atoms. The Balaban J connectivity index is 2.36. The van der Waals surface area contributed by atoms with Crippen molar-refractivity contribution in [3.8, 4) is 0 Å². The number of hydrogen-bond donors (Lipinski definition) is 2. The smallest absolute Gasteiger partial charge is 0.407 e. The maximum absolute atomic E-state index is 11.6. The third-order valence-electron chi connectivity index (χ3n) is 2.76. The number of ether oxygens (including phenoxy) is 1. The molecule has 1 aromatic rings. The molecule has 0 spiro atoms. The molecule has 1 rings (SSSR count). The molecular weight excluding hydrogens is 296 g/mol. The van der Waals surface area contributed by atoms with Gasteiger partial charge in [-0.1, -0.05) is 19.1 Å². The molecular formula is C17H28N2O2S. The van der Waals surface area contributed by atoms with Gasteiger partial charge in [0, 0.05) is 18.8 Å². The molecule has 0 unspecified atom stereocenters. The average molecular weight is 324 g/mol. The van der Waals surface area contributed by atoms with Crippen molar-refractivity contribution in [1.82, 2.24) is 5.32 Å². The van der Waals surface area contributed by atoms with Crippen molar-refractivity contribution in [3.63, 3.8) is 0 Å². The Kier molecular flexibility index (Phi) is 8.17. The van der Waals surface area contributed by atoms with Crippen LogP contribution in [0.5, 0.6) is 0 Å². The second-order valence-corrected chi connectivity index (χ2v) is 7.43. The summed E-state index contributed by atoms with van der Waals surface area (Å²) < 4.78 is 5.22. The highest BCUT2D eigenvalue weighted by molar-refractivity contribution is 7.99. The fraction of sp³-hybridized carbons (Fsp3) is 0.588. The lowest BCUT2D eigenvalue weighted by Crippen LogP contribution is -2.32. The number of nitrogens with one attached hydrogen (secondary N) is 2. The van der Waals surface area contributed by atoms with Crippen LogP contribution in [0.1, 0.15) is 39.7 Å². The van der Waals surface area contributed by atoms with E-state index in [9.17, 15) is 4.79 Å². The zero-order valence-electron chi connectivity index (χ0n) is 14.1. The van der Waals surface area contributed by atoms with E-state index in [-0.39, 0.29) is 6.09 Å². The molecule has 0 saturated heterocycles. The van der Waals surface area contributed by atoms with Gasteiger partial charge in [-0.15, -0.1) is 0 Å². The van der Waals surface area contributed by atoms with E-state index in [1.807, 2.05) is 50.7 Å². The molecule has 0 saturated carbocycles. The van der Waals surface area contributed by atoms with Gasteiger partial charge in [-0.25, -0.2) is 4.79 Å². The van der Waals surface area contributed by atoms with Gasteiger partial charge in [0.15, 0.2) is 0 Å². The molecule has 4 nitrogen and oxygen atoms in total. The number of anilines is 1. The zero-order chi connectivity index (χ0) is 16.4. The Morgan fingerprint density at radius 1 is 1.32 bits per heavy atom. The number of thioether (sulfide) groups is 1. The van der Waals surface area contributed by atoms with Crippen LogP contribution in [0.3, 0.4) is 0 Å². The molecule has 1 amide bonds. The second-order valence-electron chi connectivity index (χ2n) is 6.03. The van der Waals surface area contributed by atoms with Gasteiger partial charge in [-0.05, 0) is 56.4 Å². The van der Waals surface area contributed by atoms with Crippen LogP contribution in [0.15, 0.2) is 24.3 Å². The van der Waals surface area contributed by atoms with Gasteiger partial charge in [0.2, 0.25) is 0 Å². The van der Waals surface area contributed by atoms with Crippen molar-refractivity contribution in [2.45, 2.75) is 46.3 Å². The van der Waals surface area contributed by atoms with E-state index in [4.69, 9.17) is 4.74 Å². The lowest BCUT2D eigenvalue weighted by atomic mass is 10.2. The molecule has 0 heterocycles. The fourth-order valence-electron chi connectivity index (χ4n) is 1.83. The third-order valence-corrected chi connectivity index (χ3v) is 3.75. The standard InChI is InChI=1S/C17H28N2O2S/c1-5-22-11-7-10-18-15-9-6-8-14(12-15)13-19-16(20)21-17(2,3)4/h6,8-9,12,18H,5,7,10-11,13H2,1-4H3,(H,19,20). The molecule has 0 fully saturated rings. The average Bonchev–Trinajstić information content (AvgIpc) is 2.44. The Hall–Kier alpha value is -1.36. The highest BCUT2D eigenvalue weighted by Gasteiger charge is 2.15. The number of carbonyl (C=O) groups excluding carboxylic acids is 1. The van der Waals surface area contributed by atoms with Gasteiger partial charge in [0.05, 0.1) is 0 Å². The number of hydrogen-bond acceptors (Lipinski definition) is 4. The Labute approximate surface area is 138 Å². The van der Waals surface area contributed by atoms with E-state index in [1.165, 1.54) is 11.5 Å². The van der Waals surface area contributed by atoms with Crippen molar-refractivity contribution in [1.29, 1.82) is 0 Å². The summed E-state index contributed by atoms with van der Waals surface area (Å²) in [4.78, 5) is 11.6. The first-order chi connectivity index (χ1) is 10.4. The van der Waals surface area contributed by atoms with Crippen LogP contribution in [0.4, 0.5) is 10.5 Å². The first-order valence-corrected chi connectivity index (χ1v) is 8.93. The van der Waals surface area contributed by atoms with Gasteiger partial charge in [-0.3, -0.25) is 0 Å². The summed E-state index contributed by atoms with van der Waals surface area (Å²) in [6, 6.07) is 8.10. The Morgan fingerprint density at radius 3 is 2.77 bits per heavy atom. The number of alkyl carbamates (subject to hydrolysis) is 1. The molecule has 0 aliphatic heterocycles. The molecule has 0 aliphatic rings. The van der Waals surface area contributed by atoms with E-state index < -0.39 is 5.60 Å². The summed E-state index contributed by atoms with van der Waals surface area (Å²) in [5.74, 6) is 2.36. The normalized spacial score (nSPS) is 11.1. The van der Waals surface area contributed by atoms with Crippen molar-refractivity contribution < 1.29 is 9.53 Å². The quantitative estimate of drug-likeness (QED) is 0.701. The molecule has 0 radical (unpaired) electrons. The molecule has 5 heteroatoms. The minimum Gasteiger partial charge on any atom is -0.444 e. The number of amides is 1. The van der Waals surface area contributed by atoms with Gasteiger partial charge >= 0.3 is 6.09 Å². The number of benzene rings is 1. The first kappa shape index (κ1) is 18.7. The van der Waals surface area contributed by atoms with E-state index >= 15 is 0 Å². The van der Waals surface area contributed by atoms with E-state index in [0.717, 1.165) is 24.2 Å². The molecule has 0 aromatic heterocycles. The Bertz CT molecular complexity index is 458. The van der Waals surface area contributed by atoms with Gasteiger partial charge in [0.25, 0.3) is 0 Å². The largest absolute Gasteiger partial charge is 0.444 e. The van der Waals surface area contributed by atoms with Gasteiger partial charge < -0.3 is 15.4 Å². The van der Waals surface area contributed by atoms with E-state index in [0.29, 0.717) is 6.54 Å².